The van der Waals surface area contributed by atoms with Gasteiger partial charge in [-0.2, -0.15) is 0 Å². The lowest BCUT2D eigenvalue weighted by Gasteiger charge is -2.13. The van der Waals surface area contributed by atoms with Gasteiger partial charge in [-0.1, -0.05) is 11.6 Å². The van der Waals surface area contributed by atoms with E-state index in [0.717, 1.165) is 0 Å². The highest BCUT2D eigenvalue weighted by Crippen LogP contribution is 2.13. The second-order valence-corrected chi connectivity index (χ2v) is 6.08. The number of esters is 1. The maximum atomic E-state index is 12.2. The fraction of sp³-hybridized carbons (Fsp3) is 0.250. The number of rotatable bonds is 8. The van der Waals surface area contributed by atoms with E-state index >= 15 is 0 Å². The Labute approximate surface area is 162 Å². The second kappa shape index (κ2) is 9.73. The molecule has 0 aliphatic rings. The standard InChI is InChI=1S/C20H20ClNO5/c1-3-26-17-10-6-15(7-11-17)20(25)22-12-18(23)27-13(2)19(24)14-4-8-16(21)9-5-14/h4-11,13H,3,12H2,1-2H3,(H,22,25)/t13-/m0/s1. The lowest BCUT2D eigenvalue weighted by Crippen LogP contribution is -2.34. The minimum Gasteiger partial charge on any atom is -0.494 e. The van der Waals surface area contributed by atoms with Crippen molar-refractivity contribution in [3.63, 3.8) is 0 Å². The molecular formula is C20H20ClNO5. The third-order valence-corrected chi connectivity index (χ3v) is 3.88. The number of carbonyl (C=O) groups excluding carboxylic acids is 3. The largest absolute Gasteiger partial charge is 0.494 e. The van der Waals surface area contributed by atoms with E-state index in [4.69, 9.17) is 21.1 Å². The molecular weight excluding hydrogens is 370 g/mol. The van der Waals surface area contributed by atoms with Crippen LogP contribution < -0.4 is 10.1 Å². The maximum Gasteiger partial charge on any atom is 0.326 e. The molecule has 0 fully saturated rings. The average Bonchev–Trinajstić information content (AvgIpc) is 2.67. The van der Waals surface area contributed by atoms with Crippen molar-refractivity contribution < 1.29 is 23.9 Å². The highest BCUT2D eigenvalue weighted by Gasteiger charge is 2.20. The first-order valence-electron chi connectivity index (χ1n) is 8.41. The lowest BCUT2D eigenvalue weighted by molar-refractivity contribution is -0.145. The summed E-state index contributed by atoms with van der Waals surface area (Å²) in [5.74, 6) is -0.823. The molecule has 6 nitrogen and oxygen atoms in total. The van der Waals surface area contributed by atoms with E-state index in [1.54, 1.807) is 48.5 Å². The summed E-state index contributed by atoms with van der Waals surface area (Å²) in [6.07, 6.45) is -0.971. The van der Waals surface area contributed by atoms with E-state index in [1.165, 1.54) is 6.92 Å². The highest BCUT2D eigenvalue weighted by atomic mass is 35.5. The zero-order valence-electron chi connectivity index (χ0n) is 15.0. The average molecular weight is 390 g/mol. The molecule has 0 saturated carbocycles. The van der Waals surface area contributed by atoms with Gasteiger partial charge in [0.25, 0.3) is 5.91 Å². The molecule has 2 rings (SSSR count). The van der Waals surface area contributed by atoms with Crippen molar-refractivity contribution in [2.75, 3.05) is 13.2 Å². The molecule has 1 atom stereocenters. The molecule has 0 spiro atoms. The molecule has 0 bridgehead atoms. The Bertz CT molecular complexity index is 802. The van der Waals surface area contributed by atoms with Gasteiger partial charge in [-0.3, -0.25) is 14.4 Å². The Hall–Kier alpha value is -2.86. The molecule has 142 valence electrons. The number of carbonyl (C=O) groups is 3. The first kappa shape index (κ1) is 20.5. The van der Waals surface area contributed by atoms with Crippen molar-refractivity contribution in [3.8, 4) is 5.75 Å². The highest BCUT2D eigenvalue weighted by molar-refractivity contribution is 6.30. The van der Waals surface area contributed by atoms with Crippen LogP contribution in [0.1, 0.15) is 34.6 Å². The molecule has 2 aromatic rings. The van der Waals surface area contributed by atoms with Crippen molar-refractivity contribution in [2.24, 2.45) is 0 Å². The monoisotopic (exact) mass is 389 g/mol. The summed E-state index contributed by atoms with van der Waals surface area (Å²) in [6.45, 7) is 3.53. The number of ketones is 1. The molecule has 0 heterocycles. The van der Waals surface area contributed by atoms with Crippen molar-refractivity contribution in [1.29, 1.82) is 0 Å². The van der Waals surface area contributed by atoms with E-state index in [2.05, 4.69) is 5.32 Å². The van der Waals surface area contributed by atoms with Gasteiger partial charge in [-0.05, 0) is 62.4 Å². The maximum absolute atomic E-state index is 12.2. The smallest absolute Gasteiger partial charge is 0.326 e. The third kappa shape index (κ3) is 6.11. The Balaban J connectivity index is 1.83. The molecule has 0 aliphatic heterocycles. The van der Waals surface area contributed by atoms with Crippen molar-refractivity contribution >= 4 is 29.3 Å². The fourth-order valence-electron chi connectivity index (χ4n) is 2.26. The van der Waals surface area contributed by atoms with Crippen LogP contribution >= 0.6 is 11.6 Å². The van der Waals surface area contributed by atoms with Gasteiger partial charge < -0.3 is 14.8 Å². The van der Waals surface area contributed by atoms with E-state index in [0.29, 0.717) is 28.5 Å². The predicted molar refractivity (Wildman–Crippen MR) is 101 cm³/mol. The Morgan fingerprint density at radius 3 is 2.19 bits per heavy atom. The molecule has 2 aromatic carbocycles. The number of Topliss-reactive ketones (excluding diaryl/α,β-unsaturated/α-hetero) is 1. The van der Waals surface area contributed by atoms with Gasteiger partial charge in [0.15, 0.2) is 6.10 Å². The third-order valence-electron chi connectivity index (χ3n) is 3.63. The summed E-state index contributed by atoms with van der Waals surface area (Å²) < 4.78 is 10.4. The predicted octanol–water partition coefficient (Wildman–Crippen LogP) is 3.28. The number of hydrogen-bond donors (Lipinski definition) is 1. The number of ether oxygens (including phenoxy) is 2. The topological polar surface area (TPSA) is 81.7 Å². The number of amides is 1. The normalized spacial score (nSPS) is 11.4. The summed E-state index contributed by atoms with van der Waals surface area (Å²) in [4.78, 5) is 36.2. The van der Waals surface area contributed by atoms with E-state index < -0.39 is 18.0 Å². The zero-order valence-corrected chi connectivity index (χ0v) is 15.8. The SMILES string of the molecule is CCOc1ccc(C(=O)NCC(=O)O[C@@H](C)C(=O)c2ccc(Cl)cc2)cc1. The number of nitrogens with one attached hydrogen (secondary N) is 1. The summed E-state index contributed by atoms with van der Waals surface area (Å²) in [6, 6.07) is 12.8. The van der Waals surface area contributed by atoms with Gasteiger partial charge in [0.05, 0.1) is 6.61 Å². The van der Waals surface area contributed by atoms with Crippen LogP contribution in [0.3, 0.4) is 0 Å². The van der Waals surface area contributed by atoms with Crippen LogP contribution in [-0.2, 0) is 9.53 Å². The molecule has 7 heteroatoms. The molecule has 27 heavy (non-hydrogen) atoms. The van der Waals surface area contributed by atoms with Gasteiger partial charge in [-0.15, -0.1) is 0 Å². The fourth-order valence-corrected chi connectivity index (χ4v) is 2.39. The molecule has 0 aliphatic carbocycles. The van der Waals surface area contributed by atoms with Crippen LogP contribution in [-0.4, -0.2) is 36.9 Å². The van der Waals surface area contributed by atoms with Gasteiger partial charge in [0.2, 0.25) is 5.78 Å². The molecule has 0 aromatic heterocycles. The number of halogens is 1. The van der Waals surface area contributed by atoms with Crippen molar-refractivity contribution in [2.45, 2.75) is 20.0 Å². The van der Waals surface area contributed by atoms with Gasteiger partial charge in [0.1, 0.15) is 12.3 Å². The molecule has 0 unspecified atom stereocenters. The van der Waals surface area contributed by atoms with Crippen molar-refractivity contribution in [1.82, 2.24) is 5.32 Å². The molecule has 0 saturated heterocycles. The van der Waals surface area contributed by atoms with Crippen LogP contribution in [0.4, 0.5) is 0 Å². The molecule has 1 N–H and O–H groups in total. The minimum atomic E-state index is -0.971. The van der Waals surface area contributed by atoms with E-state index in [9.17, 15) is 14.4 Å². The first-order valence-corrected chi connectivity index (χ1v) is 8.78. The Morgan fingerprint density at radius 2 is 1.59 bits per heavy atom. The summed E-state index contributed by atoms with van der Waals surface area (Å²) in [7, 11) is 0. The van der Waals surface area contributed by atoms with Crippen LogP contribution in [0, 0.1) is 0 Å². The van der Waals surface area contributed by atoms with Crippen LogP contribution in [0.15, 0.2) is 48.5 Å². The first-order chi connectivity index (χ1) is 12.9. The van der Waals surface area contributed by atoms with Crippen LogP contribution in [0.25, 0.3) is 0 Å². The summed E-state index contributed by atoms with van der Waals surface area (Å²) >= 11 is 5.78. The summed E-state index contributed by atoms with van der Waals surface area (Å²) in [5, 5.41) is 2.97. The zero-order chi connectivity index (χ0) is 19.8. The van der Waals surface area contributed by atoms with Crippen LogP contribution in [0.5, 0.6) is 5.75 Å². The summed E-state index contributed by atoms with van der Waals surface area (Å²) in [5.41, 5.74) is 0.773. The number of benzene rings is 2. The minimum absolute atomic E-state index is 0.343. The van der Waals surface area contributed by atoms with Crippen LogP contribution in [0.2, 0.25) is 5.02 Å². The second-order valence-electron chi connectivity index (χ2n) is 5.64. The van der Waals surface area contributed by atoms with E-state index in [-0.39, 0.29) is 12.3 Å². The lowest BCUT2D eigenvalue weighted by atomic mass is 10.1. The Kier molecular flexibility index (Phi) is 7.37. The molecule has 0 radical (unpaired) electrons. The number of hydrogen-bond acceptors (Lipinski definition) is 5. The quantitative estimate of drug-likeness (QED) is 0.553. The Morgan fingerprint density at radius 1 is 1.00 bits per heavy atom. The van der Waals surface area contributed by atoms with E-state index in [1.807, 2.05) is 6.92 Å². The van der Waals surface area contributed by atoms with Gasteiger partial charge in [-0.25, -0.2) is 0 Å². The molecule has 1 amide bonds. The van der Waals surface area contributed by atoms with Gasteiger partial charge >= 0.3 is 5.97 Å². The van der Waals surface area contributed by atoms with Gasteiger partial charge in [0, 0.05) is 16.1 Å². The van der Waals surface area contributed by atoms with Crippen molar-refractivity contribution in [3.05, 3.63) is 64.7 Å².